The topological polar surface area (TPSA) is 67.4 Å². The molecule has 0 aliphatic heterocycles. The van der Waals surface area contributed by atoms with Gasteiger partial charge in [-0.2, -0.15) is 0 Å². The van der Waals surface area contributed by atoms with E-state index in [1.54, 1.807) is 24.3 Å². The third kappa shape index (κ3) is 5.44. The van der Waals surface area contributed by atoms with Crippen LogP contribution >= 0.6 is 0 Å². The van der Waals surface area contributed by atoms with E-state index in [1.807, 2.05) is 61.5 Å². The maximum absolute atomic E-state index is 12.2. The second-order valence-corrected chi connectivity index (χ2v) is 6.04. The Kier molecular flexibility index (Phi) is 5.84. The summed E-state index contributed by atoms with van der Waals surface area (Å²) in [6, 6.07) is 23.6. The SMILES string of the molecule is Cc1ccc(NC(=O)CNC(=O)c2ccc(Oc3ccccc3)cc2)cc1. The first-order valence-corrected chi connectivity index (χ1v) is 8.58. The van der Waals surface area contributed by atoms with Gasteiger partial charge in [0.25, 0.3) is 5.91 Å². The molecule has 3 rings (SSSR count). The van der Waals surface area contributed by atoms with Gasteiger partial charge in [-0.1, -0.05) is 35.9 Å². The van der Waals surface area contributed by atoms with E-state index in [2.05, 4.69) is 10.6 Å². The van der Waals surface area contributed by atoms with E-state index in [9.17, 15) is 9.59 Å². The number of anilines is 1. The number of carbonyl (C=O) groups excluding carboxylic acids is 2. The Labute approximate surface area is 158 Å². The first-order chi connectivity index (χ1) is 13.1. The van der Waals surface area contributed by atoms with Crippen molar-refractivity contribution in [1.29, 1.82) is 0 Å². The minimum absolute atomic E-state index is 0.102. The highest BCUT2D eigenvalue weighted by Gasteiger charge is 2.09. The van der Waals surface area contributed by atoms with Crippen LogP contribution in [0.2, 0.25) is 0 Å². The van der Waals surface area contributed by atoms with Gasteiger partial charge < -0.3 is 15.4 Å². The molecule has 0 saturated carbocycles. The maximum atomic E-state index is 12.2. The van der Waals surface area contributed by atoms with E-state index in [4.69, 9.17) is 4.74 Å². The van der Waals surface area contributed by atoms with Crippen LogP contribution in [-0.4, -0.2) is 18.4 Å². The summed E-state index contributed by atoms with van der Waals surface area (Å²) in [5.74, 6) is 0.758. The van der Waals surface area contributed by atoms with Crippen molar-refractivity contribution in [3.63, 3.8) is 0 Å². The molecule has 0 aliphatic carbocycles. The lowest BCUT2D eigenvalue weighted by Gasteiger charge is -2.08. The number of rotatable bonds is 6. The lowest BCUT2D eigenvalue weighted by atomic mass is 10.2. The molecule has 5 nitrogen and oxygen atoms in total. The quantitative estimate of drug-likeness (QED) is 0.694. The number of ether oxygens (including phenoxy) is 1. The minimum atomic E-state index is -0.319. The molecular formula is C22H20N2O3. The summed E-state index contributed by atoms with van der Waals surface area (Å²) >= 11 is 0. The van der Waals surface area contributed by atoms with Gasteiger partial charge in [0.05, 0.1) is 6.54 Å². The number of benzene rings is 3. The van der Waals surface area contributed by atoms with E-state index in [-0.39, 0.29) is 18.4 Å². The van der Waals surface area contributed by atoms with Crippen LogP contribution in [0, 0.1) is 6.92 Å². The fourth-order valence-electron chi connectivity index (χ4n) is 2.40. The zero-order chi connectivity index (χ0) is 19.1. The molecule has 0 unspecified atom stereocenters. The number of para-hydroxylation sites is 1. The number of hydrogen-bond acceptors (Lipinski definition) is 3. The highest BCUT2D eigenvalue weighted by atomic mass is 16.5. The van der Waals surface area contributed by atoms with E-state index in [0.717, 1.165) is 11.3 Å². The van der Waals surface area contributed by atoms with Crippen molar-refractivity contribution in [2.75, 3.05) is 11.9 Å². The molecule has 0 bridgehead atoms. The third-order valence-electron chi connectivity index (χ3n) is 3.84. The lowest BCUT2D eigenvalue weighted by molar-refractivity contribution is -0.115. The van der Waals surface area contributed by atoms with Crippen LogP contribution in [0.15, 0.2) is 78.9 Å². The molecular weight excluding hydrogens is 340 g/mol. The first kappa shape index (κ1) is 18.2. The maximum Gasteiger partial charge on any atom is 0.251 e. The molecule has 2 amide bonds. The van der Waals surface area contributed by atoms with Gasteiger partial charge in [-0.05, 0) is 55.5 Å². The normalized spacial score (nSPS) is 10.1. The Morgan fingerprint density at radius 1 is 0.815 bits per heavy atom. The Hall–Kier alpha value is -3.60. The second-order valence-electron chi connectivity index (χ2n) is 6.04. The van der Waals surface area contributed by atoms with Gasteiger partial charge in [0.2, 0.25) is 5.91 Å². The Morgan fingerprint density at radius 2 is 1.44 bits per heavy atom. The Morgan fingerprint density at radius 3 is 2.11 bits per heavy atom. The standard InChI is InChI=1S/C22H20N2O3/c1-16-7-11-18(12-8-16)24-21(25)15-23-22(26)17-9-13-20(14-10-17)27-19-5-3-2-4-6-19/h2-14H,15H2,1H3,(H,23,26)(H,24,25). The third-order valence-corrected chi connectivity index (χ3v) is 3.84. The van der Waals surface area contributed by atoms with Gasteiger partial charge in [-0.3, -0.25) is 9.59 Å². The molecule has 0 fully saturated rings. The second kappa shape index (κ2) is 8.67. The summed E-state index contributed by atoms with van der Waals surface area (Å²) in [5.41, 5.74) is 2.27. The molecule has 0 saturated heterocycles. The molecule has 2 N–H and O–H groups in total. The fourth-order valence-corrected chi connectivity index (χ4v) is 2.40. The number of carbonyl (C=O) groups is 2. The molecule has 5 heteroatoms. The van der Waals surface area contributed by atoms with Gasteiger partial charge >= 0.3 is 0 Å². The van der Waals surface area contributed by atoms with Crippen molar-refractivity contribution >= 4 is 17.5 Å². The van der Waals surface area contributed by atoms with Crippen molar-refractivity contribution < 1.29 is 14.3 Å². The summed E-state index contributed by atoms with van der Waals surface area (Å²) in [6.45, 7) is 1.87. The number of amides is 2. The van der Waals surface area contributed by atoms with Crippen molar-refractivity contribution in [1.82, 2.24) is 5.32 Å². The smallest absolute Gasteiger partial charge is 0.251 e. The van der Waals surface area contributed by atoms with Crippen LogP contribution in [0.4, 0.5) is 5.69 Å². The predicted octanol–water partition coefficient (Wildman–Crippen LogP) is 4.16. The molecule has 3 aromatic rings. The van der Waals surface area contributed by atoms with Crippen LogP contribution in [0.5, 0.6) is 11.5 Å². The molecule has 27 heavy (non-hydrogen) atoms. The molecule has 3 aromatic carbocycles. The fraction of sp³-hybridized carbons (Fsp3) is 0.0909. The number of aryl methyl sites for hydroxylation is 1. The average molecular weight is 360 g/mol. The van der Waals surface area contributed by atoms with Gasteiger partial charge in [0, 0.05) is 11.3 Å². The predicted molar refractivity (Wildman–Crippen MR) is 105 cm³/mol. The molecule has 136 valence electrons. The molecule has 0 spiro atoms. The Balaban J connectivity index is 1.50. The van der Waals surface area contributed by atoms with Gasteiger partial charge in [-0.25, -0.2) is 0 Å². The average Bonchev–Trinajstić information content (AvgIpc) is 2.69. The van der Waals surface area contributed by atoms with Gasteiger partial charge in [-0.15, -0.1) is 0 Å². The van der Waals surface area contributed by atoms with E-state index < -0.39 is 0 Å². The van der Waals surface area contributed by atoms with Crippen molar-refractivity contribution in [2.24, 2.45) is 0 Å². The number of hydrogen-bond donors (Lipinski definition) is 2. The molecule has 0 heterocycles. The summed E-state index contributed by atoms with van der Waals surface area (Å²) < 4.78 is 5.69. The zero-order valence-electron chi connectivity index (χ0n) is 14.9. The Bertz CT molecular complexity index is 905. The van der Waals surface area contributed by atoms with Crippen LogP contribution < -0.4 is 15.4 Å². The molecule has 0 aliphatic rings. The highest BCUT2D eigenvalue weighted by Crippen LogP contribution is 2.21. The zero-order valence-corrected chi connectivity index (χ0v) is 14.9. The largest absolute Gasteiger partial charge is 0.457 e. The van der Waals surface area contributed by atoms with Crippen molar-refractivity contribution in [2.45, 2.75) is 6.92 Å². The van der Waals surface area contributed by atoms with Gasteiger partial charge in [0.1, 0.15) is 11.5 Å². The van der Waals surface area contributed by atoms with E-state index in [1.165, 1.54) is 0 Å². The lowest BCUT2D eigenvalue weighted by Crippen LogP contribution is -2.32. The van der Waals surface area contributed by atoms with Crippen LogP contribution in [0.25, 0.3) is 0 Å². The first-order valence-electron chi connectivity index (χ1n) is 8.58. The summed E-state index contributed by atoms with van der Waals surface area (Å²) in [4.78, 5) is 24.1. The highest BCUT2D eigenvalue weighted by molar-refractivity contribution is 5.99. The van der Waals surface area contributed by atoms with E-state index in [0.29, 0.717) is 17.0 Å². The van der Waals surface area contributed by atoms with Gasteiger partial charge in [0.15, 0.2) is 0 Å². The molecule has 0 radical (unpaired) electrons. The van der Waals surface area contributed by atoms with Crippen LogP contribution in [-0.2, 0) is 4.79 Å². The minimum Gasteiger partial charge on any atom is -0.457 e. The monoisotopic (exact) mass is 360 g/mol. The van der Waals surface area contributed by atoms with E-state index >= 15 is 0 Å². The van der Waals surface area contributed by atoms with Crippen LogP contribution in [0.1, 0.15) is 15.9 Å². The van der Waals surface area contributed by atoms with Crippen molar-refractivity contribution in [3.05, 3.63) is 90.0 Å². The van der Waals surface area contributed by atoms with Crippen molar-refractivity contribution in [3.8, 4) is 11.5 Å². The molecule has 0 atom stereocenters. The summed E-state index contributed by atoms with van der Waals surface area (Å²) in [6.07, 6.45) is 0. The number of nitrogens with one attached hydrogen (secondary N) is 2. The summed E-state index contributed by atoms with van der Waals surface area (Å²) in [5, 5.41) is 5.35. The molecule has 0 aromatic heterocycles. The summed E-state index contributed by atoms with van der Waals surface area (Å²) in [7, 11) is 0. The van der Waals surface area contributed by atoms with Crippen LogP contribution in [0.3, 0.4) is 0 Å².